The van der Waals surface area contributed by atoms with Crippen molar-refractivity contribution in [1.29, 1.82) is 0 Å². The number of amides is 1. The fraction of sp³-hybridized carbons (Fsp3) is 0.0625. The lowest BCUT2D eigenvalue weighted by Crippen LogP contribution is -2.18. The minimum atomic E-state index is -0.152. The molecular weight excluding hydrogens is 307 g/mol. The van der Waals surface area contributed by atoms with Gasteiger partial charge in [-0.1, -0.05) is 47.5 Å². The Kier molecular flexibility index (Phi) is 3.86. The van der Waals surface area contributed by atoms with Gasteiger partial charge in [-0.15, -0.1) is 0 Å². The van der Waals surface area contributed by atoms with E-state index in [2.05, 4.69) is 5.32 Å². The van der Waals surface area contributed by atoms with Crippen molar-refractivity contribution in [3.8, 4) is 0 Å². The summed E-state index contributed by atoms with van der Waals surface area (Å²) >= 11 is 12.2. The van der Waals surface area contributed by atoms with Crippen molar-refractivity contribution in [3.63, 3.8) is 0 Å². The fourth-order valence-electron chi connectivity index (χ4n) is 2.25. The minimum absolute atomic E-state index is 0.152. The number of carbonyl (C=O) groups is 1. The highest BCUT2D eigenvalue weighted by atomic mass is 35.5. The average molecular weight is 319 g/mol. The van der Waals surface area contributed by atoms with Crippen molar-refractivity contribution in [2.24, 2.45) is 0 Å². The van der Waals surface area contributed by atoms with Gasteiger partial charge < -0.3 is 9.88 Å². The van der Waals surface area contributed by atoms with Crippen LogP contribution in [0.5, 0.6) is 0 Å². The number of hydrogen-bond donors (Lipinski definition) is 1. The Morgan fingerprint density at radius 1 is 1.00 bits per heavy atom. The van der Waals surface area contributed by atoms with Crippen LogP contribution in [-0.4, -0.2) is 10.5 Å². The average Bonchev–Trinajstić information content (AvgIpc) is 2.86. The smallest absolute Gasteiger partial charge is 0.244 e. The second kappa shape index (κ2) is 5.80. The summed E-state index contributed by atoms with van der Waals surface area (Å²) in [7, 11) is 0. The number of benzene rings is 2. The van der Waals surface area contributed by atoms with Crippen molar-refractivity contribution in [2.75, 3.05) is 5.32 Å². The molecule has 106 valence electrons. The first-order chi connectivity index (χ1) is 10.1. The predicted molar refractivity (Wildman–Crippen MR) is 87.0 cm³/mol. The standard InChI is InChI=1S/C16H12Cl2N2O/c17-12-5-1-2-7-14(12)19-15(21)10-20-9-8-11-4-3-6-13(18)16(11)20/h1-9H,10H2,(H,19,21). The van der Waals surface area contributed by atoms with Gasteiger partial charge in [0.05, 0.1) is 21.2 Å². The van der Waals surface area contributed by atoms with Crippen molar-refractivity contribution in [1.82, 2.24) is 4.57 Å². The molecule has 0 spiro atoms. The fourth-order valence-corrected chi connectivity index (χ4v) is 2.73. The van der Waals surface area contributed by atoms with Gasteiger partial charge in [0.15, 0.2) is 0 Å². The zero-order valence-corrected chi connectivity index (χ0v) is 12.5. The number of carbonyl (C=O) groups excluding carboxylic acids is 1. The molecule has 0 saturated carbocycles. The van der Waals surface area contributed by atoms with Crippen LogP contribution in [-0.2, 0) is 11.3 Å². The number of para-hydroxylation sites is 2. The van der Waals surface area contributed by atoms with Crippen LogP contribution in [0.3, 0.4) is 0 Å². The van der Waals surface area contributed by atoms with Gasteiger partial charge in [-0.25, -0.2) is 0 Å². The molecule has 5 heteroatoms. The maximum absolute atomic E-state index is 12.2. The molecular formula is C16H12Cl2N2O. The van der Waals surface area contributed by atoms with E-state index in [0.29, 0.717) is 15.7 Å². The number of nitrogens with zero attached hydrogens (tertiary/aromatic N) is 1. The van der Waals surface area contributed by atoms with Crippen molar-refractivity contribution >= 4 is 45.7 Å². The van der Waals surface area contributed by atoms with Crippen LogP contribution < -0.4 is 5.32 Å². The topological polar surface area (TPSA) is 34.0 Å². The number of nitrogens with one attached hydrogen (secondary N) is 1. The molecule has 0 radical (unpaired) electrons. The van der Waals surface area contributed by atoms with Gasteiger partial charge in [-0.05, 0) is 24.3 Å². The molecule has 1 N–H and O–H groups in total. The molecule has 1 aromatic heterocycles. The van der Waals surface area contributed by atoms with Crippen LogP contribution in [0.25, 0.3) is 10.9 Å². The van der Waals surface area contributed by atoms with E-state index >= 15 is 0 Å². The Morgan fingerprint density at radius 2 is 1.76 bits per heavy atom. The molecule has 0 saturated heterocycles. The summed E-state index contributed by atoms with van der Waals surface area (Å²) in [5, 5.41) is 4.95. The van der Waals surface area contributed by atoms with E-state index in [1.165, 1.54) is 0 Å². The third-order valence-corrected chi connectivity index (χ3v) is 3.84. The third-order valence-electron chi connectivity index (χ3n) is 3.20. The predicted octanol–water partition coefficient (Wildman–Crippen LogP) is 4.59. The maximum Gasteiger partial charge on any atom is 0.244 e. The quantitative estimate of drug-likeness (QED) is 0.753. The zero-order valence-electron chi connectivity index (χ0n) is 11.0. The zero-order chi connectivity index (χ0) is 14.8. The summed E-state index contributed by atoms with van der Waals surface area (Å²) in [6.07, 6.45) is 1.85. The number of aromatic nitrogens is 1. The maximum atomic E-state index is 12.2. The Morgan fingerprint density at radius 3 is 2.57 bits per heavy atom. The number of rotatable bonds is 3. The normalized spacial score (nSPS) is 10.8. The Labute approximate surface area is 132 Å². The van der Waals surface area contributed by atoms with E-state index in [0.717, 1.165) is 10.9 Å². The van der Waals surface area contributed by atoms with Gasteiger partial charge in [0.1, 0.15) is 6.54 Å². The number of anilines is 1. The molecule has 0 atom stereocenters. The third kappa shape index (κ3) is 2.89. The van der Waals surface area contributed by atoms with Crippen LogP contribution in [0, 0.1) is 0 Å². The molecule has 0 aliphatic heterocycles. The van der Waals surface area contributed by atoms with Gasteiger partial charge in [0.2, 0.25) is 5.91 Å². The summed E-state index contributed by atoms with van der Waals surface area (Å²) in [5.74, 6) is -0.152. The van der Waals surface area contributed by atoms with Crippen LogP contribution in [0.1, 0.15) is 0 Å². The lowest BCUT2D eigenvalue weighted by Gasteiger charge is -2.09. The number of halogens is 2. The van der Waals surface area contributed by atoms with E-state index < -0.39 is 0 Å². The van der Waals surface area contributed by atoms with E-state index in [9.17, 15) is 4.79 Å². The van der Waals surface area contributed by atoms with Crippen molar-refractivity contribution < 1.29 is 4.79 Å². The van der Waals surface area contributed by atoms with E-state index in [1.807, 2.05) is 47.2 Å². The second-order valence-corrected chi connectivity index (χ2v) is 5.46. The molecule has 0 aliphatic rings. The first-order valence-electron chi connectivity index (χ1n) is 6.43. The summed E-state index contributed by atoms with van der Waals surface area (Å²) in [6, 6.07) is 14.7. The van der Waals surface area contributed by atoms with E-state index in [4.69, 9.17) is 23.2 Å². The molecule has 0 unspecified atom stereocenters. The van der Waals surface area contributed by atoms with Gasteiger partial charge in [0, 0.05) is 11.6 Å². The minimum Gasteiger partial charge on any atom is -0.337 e. The molecule has 0 bridgehead atoms. The highest BCUT2D eigenvalue weighted by Gasteiger charge is 2.10. The summed E-state index contributed by atoms with van der Waals surface area (Å²) in [5.41, 5.74) is 1.46. The van der Waals surface area contributed by atoms with Crippen LogP contribution in [0.15, 0.2) is 54.7 Å². The Bertz CT molecular complexity index is 811. The lowest BCUT2D eigenvalue weighted by atomic mass is 10.2. The monoisotopic (exact) mass is 318 g/mol. The molecule has 21 heavy (non-hydrogen) atoms. The first kappa shape index (κ1) is 14.0. The van der Waals surface area contributed by atoms with Crippen molar-refractivity contribution in [3.05, 3.63) is 64.8 Å². The molecule has 3 aromatic rings. The molecule has 2 aromatic carbocycles. The summed E-state index contributed by atoms with van der Waals surface area (Å²) in [4.78, 5) is 12.2. The molecule has 3 rings (SSSR count). The van der Waals surface area contributed by atoms with Gasteiger partial charge in [-0.2, -0.15) is 0 Å². The molecule has 0 fully saturated rings. The molecule has 1 heterocycles. The highest BCUT2D eigenvalue weighted by molar-refractivity contribution is 6.35. The lowest BCUT2D eigenvalue weighted by molar-refractivity contribution is -0.116. The molecule has 3 nitrogen and oxygen atoms in total. The molecule has 0 aliphatic carbocycles. The van der Waals surface area contributed by atoms with Gasteiger partial charge in [-0.3, -0.25) is 4.79 Å². The highest BCUT2D eigenvalue weighted by Crippen LogP contribution is 2.25. The summed E-state index contributed by atoms with van der Waals surface area (Å²) < 4.78 is 1.82. The van der Waals surface area contributed by atoms with Crippen LogP contribution >= 0.6 is 23.2 Å². The van der Waals surface area contributed by atoms with E-state index in [1.54, 1.807) is 12.1 Å². The number of hydrogen-bond acceptors (Lipinski definition) is 1. The second-order valence-electron chi connectivity index (χ2n) is 4.65. The Balaban J connectivity index is 1.83. The SMILES string of the molecule is O=C(Cn1ccc2cccc(Cl)c21)Nc1ccccc1Cl. The van der Waals surface area contributed by atoms with Gasteiger partial charge >= 0.3 is 0 Å². The largest absolute Gasteiger partial charge is 0.337 e. The molecule has 1 amide bonds. The summed E-state index contributed by atoms with van der Waals surface area (Å²) in [6.45, 7) is 0.179. The van der Waals surface area contributed by atoms with Crippen molar-refractivity contribution in [2.45, 2.75) is 6.54 Å². The first-order valence-corrected chi connectivity index (χ1v) is 7.18. The van der Waals surface area contributed by atoms with Gasteiger partial charge in [0.25, 0.3) is 0 Å². The Hall–Kier alpha value is -1.97. The van der Waals surface area contributed by atoms with E-state index in [-0.39, 0.29) is 12.5 Å². The van der Waals surface area contributed by atoms with Crippen LogP contribution in [0.2, 0.25) is 10.0 Å². The van der Waals surface area contributed by atoms with Crippen LogP contribution in [0.4, 0.5) is 5.69 Å². The number of fused-ring (bicyclic) bond motifs is 1.